The van der Waals surface area contributed by atoms with E-state index in [1.54, 1.807) is 0 Å². The van der Waals surface area contributed by atoms with Gasteiger partial charge in [-0.15, -0.1) is 5.10 Å². The second-order valence-electron chi connectivity index (χ2n) is 2.72. The molecule has 1 rings (SSSR count). The van der Waals surface area contributed by atoms with Gasteiger partial charge in [-0.05, 0) is 0 Å². The SMILES string of the molecule is COC(=O)C(N)Cn1cc(CO)nn1. The highest BCUT2D eigenvalue weighted by Gasteiger charge is 2.14. The Bertz CT molecular complexity index is 312. The zero-order valence-electron chi connectivity index (χ0n) is 7.75. The summed E-state index contributed by atoms with van der Waals surface area (Å²) in [6, 6.07) is -0.770. The number of esters is 1. The van der Waals surface area contributed by atoms with Crippen molar-refractivity contribution in [1.82, 2.24) is 15.0 Å². The van der Waals surface area contributed by atoms with Crippen molar-refractivity contribution >= 4 is 5.97 Å². The third kappa shape index (κ3) is 2.51. The molecule has 1 heterocycles. The van der Waals surface area contributed by atoms with Crippen molar-refractivity contribution in [3.8, 4) is 0 Å². The van der Waals surface area contributed by atoms with Gasteiger partial charge in [0.15, 0.2) is 0 Å². The van der Waals surface area contributed by atoms with Crippen LogP contribution in [-0.2, 0) is 22.7 Å². The van der Waals surface area contributed by atoms with Gasteiger partial charge in [0, 0.05) is 0 Å². The predicted octanol–water partition coefficient (Wildman–Crippen LogP) is -1.73. The van der Waals surface area contributed by atoms with E-state index in [0.29, 0.717) is 5.69 Å². The molecule has 0 saturated carbocycles. The summed E-state index contributed by atoms with van der Waals surface area (Å²) in [5.41, 5.74) is 5.92. The summed E-state index contributed by atoms with van der Waals surface area (Å²) in [6.45, 7) is -0.00681. The lowest BCUT2D eigenvalue weighted by atomic mass is 10.3. The fourth-order valence-corrected chi connectivity index (χ4v) is 0.928. The topological polar surface area (TPSA) is 103 Å². The molecule has 1 aromatic heterocycles. The first kappa shape index (κ1) is 10.6. The number of carbonyl (C=O) groups is 1. The first-order chi connectivity index (χ1) is 6.67. The summed E-state index contributed by atoms with van der Waals surface area (Å²) in [7, 11) is 1.27. The first-order valence-electron chi connectivity index (χ1n) is 4.00. The van der Waals surface area contributed by atoms with Crippen LogP contribution in [0.15, 0.2) is 6.20 Å². The molecule has 0 bridgehead atoms. The Morgan fingerprint density at radius 1 is 1.86 bits per heavy atom. The van der Waals surface area contributed by atoms with Gasteiger partial charge in [0.2, 0.25) is 0 Å². The number of aliphatic hydroxyl groups excluding tert-OH is 1. The molecular formula is C7H12N4O3. The summed E-state index contributed by atoms with van der Waals surface area (Å²) in [6.07, 6.45) is 1.52. The molecule has 0 amide bonds. The van der Waals surface area contributed by atoms with Gasteiger partial charge in [-0.2, -0.15) is 0 Å². The predicted molar refractivity (Wildman–Crippen MR) is 45.9 cm³/mol. The molecule has 7 heteroatoms. The van der Waals surface area contributed by atoms with Crippen LogP contribution in [-0.4, -0.2) is 39.2 Å². The molecule has 3 N–H and O–H groups in total. The summed E-state index contributed by atoms with van der Waals surface area (Å²) in [5.74, 6) is -0.508. The van der Waals surface area contributed by atoms with Crippen LogP contribution in [0.3, 0.4) is 0 Å². The van der Waals surface area contributed by atoms with Crippen molar-refractivity contribution in [2.45, 2.75) is 19.2 Å². The molecule has 0 fully saturated rings. The van der Waals surface area contributed by atoms with Gasteiger partial charge in [0.1, 0.15) is 11.7 Å². The van der Waals surface area contributed by atoms with E-state index in [9.17, 15) is 4.79 Å². The molecule has 14 heavy (non-hydrogen) atoms. The minimum atomic E-state index is -0.770. The second kappa shape index (κ2) is 4.68. The van der Waals surface area contributed by atoms with Crippen LogP contribution in [0.4, 0.5) is 0 Å². The number of hydrogen-bond acceptors (Lipinski definition) is 6. The van der Waals surface area contributed by atoms with Gasteiger partial charge < -0.3 is 15.6 Å². The largest absolute Gasteiger partial charge is 0.468 e. The van der Waals surface area contributed by atoms with Crippen LogP contribution in [0.25, 0.3) is 0 Å². The molecule has 1 atom stereocenters. The molecule has 0 aliphatic carbocycles. The average Bonchev–Trinajstić information content (AvgIpc) is 2.64. The van der Waals surface area contributed by atoms with Crippen molar-refractivity contribution in [2.75, 3.05) is 7.11 Å². The zero-order chi connectivity index (χ0) is 10.6. The maximum atomic E-state index is 10.9. The van der Waals surface area contributed by atoms with E-state index >= 15 is 0 Å². The Morgan fingerprint density at radius 3 is 3.07 bits per heavy atom. The van der Waals surface area contributed by atoms with Gasteiger partial charge in [-0.25, -0.2) is 0 Å². The van der Waals surface area contributed by atoms with E-state index in [4.69, 9.17) is 10.8 Å². The third-order valence-corrected chi connectivity index (χ3v) is 1.64. The Hall–Kier alpha value is -1.47. The minimum absolute atomic E-state index is 0.180. The molecule has 78 valence electrons. The van der Waals surface area contributed by atoms with E-state index in [1.165, 1.54) is 18.0 Å². The van der Waals surface area contributed by atoms with Crippen LogP contribution in [0.1, 0.15) is 5.69 Å². The number of nitrogens with zero attached hydrogens (tertiary/aromatic N) is 3. The fraction of sp³-hybridized carbons (Fsp3) is 0.571. The summed E-state index contributed by atoms with van der Waals surface area (Å²) < 4.78 is 5.82. The van der Waals surface area contributed by atoms with Crippen LogP contribution in [0.2, 0.25) is 0 Å². The van der Waals surface area contributed by atoms with E-state index < -0.39 is 12.0 Å². The fourth-order valence-electron chi connectivity index (χ4n) is 0.928. The van der Waals surface area contributed by atoms with E-state index in [2.05, 4.69) is 15.0 Å². The molecule has 1 aromatic rings. The van der Waals surface area contributed by atoms with Crippen LogP contribution < -0.4 is 5.73 Å². The standard InChI is InChI=1S/C7H12N4O3/c1-14-7(13)6(8)3-11-2-5(4-12)9-10-11/h2,6,12H,3-4,8H2,1H3. The Morgan fingerprint density at radius 2 is 2.57 bits per heavy atom. The molecule has 0 aliphatic heterocycles. The normalized spacial score (nSPS) is 12.5. The molecular weight excluding hydrogens is 188 g/mol. The first-order valence-corrected chi connectivity index (χ1v) is 4.00. The van der Waals surface area contributed by atoms with Gasteiger partial charge in [0.05, 0.1) is 26.5 Å². The average molecular weight is 200 g/mol. The summed E-state index contributed by atoms with van der Waals surface area (Å²) in [5, 5.41) is 16.0. The number of rotatable bonds is 4. The third-order valence-electron chi connectivity index (χ3n) is 1.64. The number of ether oxygens (including phenoxy) is 1. The monoisotopic (exact) mass is 200 g/mol. The van der Waals surface area contributed by atoms with Gasteiger partial charge in [0.25, 0.3) is 0 Å². The summed E-state index contributed by atoms with van der Waals surface area (Å²) >= 11 is 0. The van der Waals surface area contributed by atoms with Crippen LogP contribution in [0, 0.1) is 0 Å². The van der Waals surface area contributed by atoms with Crippen molar-refractivity contribution < 1.29 is 14.6 Å². The Balaban J connectivity index is 2.55. The number of nitrogens with two attached hydrogens (primary N) is 1. The molecule has 0 aromatic carbocycles. The van der Waals surface area contributed by atoms with Gasteiger partial charge >= 0.3 is 5.97 Å². The number of carbonyl (C=O) groups excluding carboxylic acids is 1. The lowest BCUT2D eigenvalue weighted by Crippen LogP contribution is -2.36. The zero-order valence-corrected chi connectivity index (χ0v) is 7.75. The maximum Gasteiger partial charge on any atom is 0.324 e. The smallest absolute Gasteiger partial charge is 0.324 e. The number of hydrogen-bond donors (Lipinski definition) is 2. The highest BCUT2D eigenvalue weighted by molar-refractivity contribution is 5.75. The number of aliphatic hydroxyl groups is 1. The Labute approximate surface area is 80.5 Å². The van der Waals surface area contributed by atoms with Crippen LogP contribution >= 0.6 is 0 Å². The van der Waals surface area contributed by atoms with E-state index in [-0.39, 0.29) is 13.2 Å². The Kier molecular flexibility index (Phi) is 3.55. The highest BCUT2D eigenvalue weighted by Crippen LogP contribution is 1.94. The minimum Gasteiger partial charge on any atom is -0.468 e. The lowest BCUT2D eigenvalue weighted by molar-refractivity contribution is -0.142. The quantitative estimate of drug-likeness (QED) is 0.560. The molecule has 0 aliphatic rings. The molecule has 7 nitrogen and oxygen atoms in total. The summed E-state index contributed by atoms with van der Waals surface area (Å²) in [4.78, 5) is 10.9. The highest BCUT2D eigenvalue weighted by atomic mass is 16.5. The molecule has 1 unspecified atom stereocenters. The van der Waals surface area contributed by atoms with Crippen LogP contribution in [0.5, 0.6) is 0 Å². The molecule has 0 saturated heterocycles. The van der Waals surface area contributed by atoms with Crippen molar-refractivity contribution in [1.29, 1.82) is 0 Å². The molecule has 0 spiro atoms. The number of methoxy groups -OCH3 is 1. The van der Waals surface area contributed by atoms with Gasteiger partial charge in [-0.1, -0.05) is 5.21 Å². The second-order valence-corrected chi connectivity index (χ2v) is 2.72. The van der Waals surface area contributed by atoms with Crippen molar-refractivity contribution in [2.24, 2.45) is 5.73 Å². The van der Waals surface area contributed by atoms with E-state index in [1.807, 2.05) is 0 Å². The number of aromatic nitrogens is 3. The van der Waals surface area contributed by atoms with Crippen molar-refractivity contribution in [3.05, 3.63) is 11.9 Å². The maximum absolute atomic E-state index is 10.9. The molecule has 0 radical (unpaired) electrons. The lowest BCUT2D eigenvalue weighted by Gasteiger charge is -2.07. The van der Waals surface area contributed by atoms with Crippen molar-refractivity contribution in [3.63, 3.8) is 0 Å². The van der Waals surface area contributed by atoms with E-state index in [0.717, 1.165) is 0 Å². The van der Waals surface area contributed by atoms with Gasteiger partial charge in [-0.3, -0.25) is 9.48 Å².